The van der Waals surface area contributed by atoms with Crippen molar-refractivity contribution < 1.29 is 4.74 Å². The first kappa shape index (κ1) is 11.0. The summed E-state index contributed by atoms with van der Waals surface area (Å²) in [7, 11) is 0. The van der Waals surface area contributed by atoms with E-state index in [2.05, 4.69) is 29.0 Å². The van der Waals surface area contributed by atoms with Gasteiger partial charge in [-0.3, -0.25) is 0 Å². The quantitative estimate of drug-likeness (QED) is 0.856. The highest BCUT2D eigenvalue weighted by molar-refractivity contribution is 5.81. The minimum atomic E-state index is 0.212. The largest absolute Gasteiger partial charge is 0.491 e. The Balaban J connectivity index is 2.33. The molecule has 2 N–H and O–H groups in total. The van der Waals surface area contributed by atoms with Gasteiger partial charge in [0.2, 0.25) is 0 Å². The zero-order chi connectivity index (χ0) is 11.5. The molecule has 0 saturated carbocycles. The molecule has 2 rings (SSSR count). The standard InChI is InChI=1S/C13H18N2O/c1-10(2)16-12-3-4-13-11(9-12)5-7-15(13)8-6-14/h3-5,7,9-10H,6,8,14H2,1-2H3. The second-order valence-electron chi connectivity index (χ2n) is 4.19. The van der Waals surface area contributed by atoms with Gasteiger partial charge < -0.3 is 15.0 Å². The molecule has 1 heterocycles. The summed E-state index contributed by atoms with van der Waals surface area (Å²) in [6.07, 6.45) is 2.28. The minimum absolute atomic E-state index is 0.212. The lowest BCUT2D eigenvalue weighted by atomic mass is 10.2. The maximum Gasteiger partial charge on any atom is 0.120 e. The summed E-state index contributed by atoms with van der Waals surface area (Å²) in [5.74, 6) is 0.924. The molecule has 3 nitrogen and oxygen atoms in total. The third-order valence-corrected chi connectivity index (χ3v) is 2.48. The Kier molecular flexibility index (Phi) is 3.15. The molecule has 0 atom stereocenters. The van der Waals surface area contributed by atoms with Crippen LogP contribution in [0.2, 0.25) is 0 Å². The van der Waals surface area contributed by atoms with E-state index in [1.165, 1.54) is 10.9 Å². The average Bonchev–Trinajstić information content (AvgIpc) is 2.61. The molecule has 0 aliphatic carbocycles. The van der Waals surface area contributed by atoms with E-state index in [4.69, 9.17) is 10.5 Å². The average molecular weight is 218 g/mol. The van der Waals surface area contributed by atoms with Crippen molar-refractivity contribution >= 4 is 10.9 Å². The summed E-state index contributed by atoms with van der Waals surface area (Å²) >= 11 is 0. The highest BCUT2D eigenvalue weighted by atomic mass is 16.5. The Morgan fingerprint density at radius 2 is 2.12 bits per heavy atom. The molecule has 86 valence electrons. The van der Waals surface area contributed by atoms with E-state index in [0.717, 1.165) is 12.3 Å². The fraction of sp³-hybridized carbons (Fsp3) is 0.385. The van der Waals surface area contributed by atoms with Gasteiger partial charge in [0.1, 0.15) is 5.75 Å². The molecule has 0 aliphatic heterocycles. The second kappa shape index (κ2) is 4.58. The zero-order valence-electron chi connectivity index (χ0n) is 9.81. The Bertz CT molecular complexity index is 474. The van der Waals surface area contributed by atoms with Crippen LogP contribution in [-0.2, 0) is 6.54 Å². The van der Waals surface area contributed by atoms with E-state index < -0.39 is 0 Å². The number of rotatable bonds is 4. The Labute approximate surface area is 95.8 Å². The van der Waals surface area contributed by atoms with Gasteiger partial charge in [0, 0.05) is 30.2 Å². The topological polar surface area (TPSA) is 40.2 Å². The molecule has 16 heavy (non-hydrogen) atoms. The SMILES string of the molecule is CC(C)Oc1ccc2c(ccn2CCN)c1. The highest BCUT2D eigenvalue weighted by Gasteiger charge is 2.03. The normalized spacial score (nSPS) is 11.2. The van der Waals surface area contributed by atoms with Crippen LogP contribution in [0.5, 0.6) is 5.75 Å². The van der Waals surface area contributed by atoms with Gasteiger partial charge in [0.25, 0.3) is 0 Å². The third kappa shape index (κ3) is 2.19. The number of aromatic nitrogens is 1. The van der Waals surface area contributed by atoms with Crippen molar-refractivity contribution in [1.82, 2.24) is 4.57 Å². The lowest BCUT2D eigenvalue weighted by Gasteiger charge is -2.10. The van der Waals surface area contributed by atoms with Crippen LogP contribution in [0.15, 0.2) is 30.5 Å². The van der Waals surface area contributed by atoms with Crippen LogP contribution in [0.3, 0.4) is 0 Å². The first-order chi connectivity index (χ1) is 7.70. The van der Waals surface area contributed by atoms with E-state index in [0.29, 0.717) is 6.54 Å². The van der Waals surface area contributed by atoms with Gasteiger partial charge in [0.15, 0.2) is 0 Å². The number of ether oxygens (including phenoxy) is 1. The van der Waals surface area contributed by atoms with E-state index in [1.54, 1.807) is 0 Å². The summed E-state index contributed by atoms with van der Waals surface area (Å²) in [4.78, 5) is 0. The first-order valence-electron chi connectivity index (χ1n) is 5.66. The molecule has 0 fully saturated rings. The van der Waals surface area contributed by atoms with Gasteiger partial charge in [-0.25, -0.2) is 0 Å². The number of nitrogens with zero attached hydrogens (tertiary/aromatic N) is 1. The van der Waals surface area contributed by atoms with Crippen LogP contribution in [0.4, 0.5) is 0 Å². The minimum Gasteiger partial charge on any atom is -0.491 e. The van der Waals surface area contributed by atoms with Crippen LogP contribution in [-0.4, -0.2) is 17.2 Å². The van der Waals surface area contributed by atoms with Crippen molar-refractivity contribution in [2.45, 2.75) is 26.5 Å². The number of fused-ring (bicyclic) bond motifs is 1. The lowest BCUT2D eigenvalue weighted by Crippen LogP contribution is -2.08. The summed E-state index contributed by atoms with van der Waals surface area (Å²) in [5.41, 5.74) is 6.77. The number of hydrogen-bond donors (Lipinski definition) is 1. The third-order valence-electron chi connectivity index (χ3n) is 2.48. The van der Waals surface area contributed by atoms with Crippen molar-refractivity contribution in [2.75, 3.05) is 6.54 Å². The van der Waals surface area contributed by atoms with Crippen LogP contribution < -0.4 is 10.5 Å². The molecule has 0 radical (unpaired) electrons. The molecule has 1 aromatic carbocycles. The van der Waals surface area contributed by atoms with Crippen molar-refractivity contribution in [3.8, 4) is 5.75 Å². The summed E-state index contributed by atoms with van der Waals surface area (Å²) in [6.45, 7) is 5.58. The van der Waals surface area contributed by atoms with Crippen LogP contribution in [0.1, 0.15) is 13.8 Å². The van der Waals surface area contributed by atoms with E-state index in [-0.39, 0.29) is 6.10 Å². The van der Waals surface area contributed by atoms with Gasteiger partial charge in [0.05, 0.1) is 6.10 Å². The zero-order valence-corrected chi connectivity index (χ0v) is 9.81. The van der Waals surface area contributed by atoms with Crippen LogP contribution in [0.25, 0.3) is 10.9 Å². The molecule has 0 aliphatic rings. The molecule has 2 aromatic rings. The monoisotopic (exact) mass is 218 g/mol. The molecule has 1 aromatic heterocycles. The summed E-state index contributed by atoms with van der Waals surface area (Å²) < 4.78 is 7.82. The Morgan fingerprint density at radius 3 is 2.81 bits per heavy atom. The molecule has 0 saturated heterocycles. The van der Waals surface area contributed by atoms with Crippen molar-refractivity contribution in [1.29, 1.82) is 0 Å². The van der Waals surface area contributed by atoms with E-state index in [1.807, 2.05) is 19.9 Å². The van der Waals surface area contributed by atoms with Gasteiger partial charge in [-0.1, -0.05) is 0 Å². The fourth-order valence-corrected chi connectivity index (χ4v) is 1.86. The van der Waals surface area contributed by atoms with Crippen LogP contribution >= 0.6 is 0 Å². The Hall–Kier alpha value is -1.48. The molecule has 0 spiro atoms. The second-order valence-corrected chi connectivity index (χ2v) is 4.19. The molecule has 0 unspecified atom stereocenters. The summed E-state index contributed by atoms with van der Waals surface area (Å²) in [6, 6.07) is 8.26. The van der Waals surface area contributed by atoms with E-state index >= 15 is 0 Å². The number of benzene rings is 1. The van der Waals surface area contributed by atoms with Gasteiger partial charge in [-0.05, 0) is 38.1 Å². The summed E-state index contributed by atoms with van der Waals surface area (Å²) in [5, 5.41) is 1.20. The van der Waals surface area contributed by atoms with Crippen molar-refractivity contribution in [2.24, 2.45) is 5.73 Å². The lowest BCUT2D eigenvalue weighted by molar-refractivity contribution is 0.243. The van der Waals surface area contributed by atoms with E-state index in [9.17, 15) is 0 Å². The first-order valence-corrected chi connectivity index (χ1v) is 5.66. The molecular weight excluding hydrogens is 200 g/mol. The van der Waals surface area contributed by atoms with Gasteiger partial charge in [-0.2, -0.15) is 0 Å². The number of nitrogens with two attached hydrogens (primary N) is 1. The van der Waals surface area contributed by atoms with Gasteiger partial charge in [-0.15, -0.1) is 0 Å². The predicted octanol–water partition coefficient (Wildman–Crippen LogP) is 2.39. The molecule has 0 bridgehead atoms. The highest BCUT2D eigenvalue weighted by Crippen LogP contribution is 2.22. The van der Waals surface area contributed by atoms with Crippen molar-refractivity contribution in [3.05, 3.63) is 30.5 Å². The maximum absolute atomic E-state index is 5.66. The predicted molar refractivity (Wildman–Crippen MR) is 66.8 cm³/mol. The Morgan fingerprint density at radius 1 is 1.31 bits per heavy atom. The number of hydrogen-bond acceptors (Lipinski definition) is 2. The fourth-order valence-electron chi connectivity index (χ4n) is 1.86. The smallest absolute Gasteiger partial charge is 0.120 e. The maximum atomic E-state index is 5.66. The van der Waals surface area contributed by atoms with Gasteiger partial charge >= 0.3 is 0 Å². The van der Waals surface area contributed by atoms with Crippen LogP contribution in [0, 0.1) is 0 Å². The molecular formula is C13H18N2O. The van der Waals surface area contributed by atoms with Crippen molar-refractivity contribution in [3.63, 3.8) is 0 Å². The molecule has 3 heteroatoms. The molecule has 0 amide bonds.